The molecule has 1 aromatic carbocycles. The molecule has 1 aliphatic rings. The molecule has 0 bridgehead atoms. The van der Waals surface area contributed by atoms with Crippen LogP contribution in [0.3, 0.4) is 0 Å². The lowest BCUT2D eigenvalue weighted by atomic mass is 10.0. The summed E-state index contributed by atoms with van der Waals surface area (Å²) in [6.07, 6.45) is 1.95. The number of pyridine rings is 1. The van der Waals surface area contributed by atoms with Gasteiger partial charge in [0.1, 0.15) is 15.6 Å². The van der Waals surface area contributed by atoms with Crippen LogP contribution in [0.2, 0.25) is 0 Å². The van der Waals surface area contributed by atoms with E-state index < -0.39 is 35.4 Å². The van der Waals surface area contributed by atoms with Gasteiger partial charge in [-0.05, 0) is 41.9 Å². The van der Waals surface area contributed by atoms with Crippen LogP contribution in [0, 0.1) is 0 Å². The molecule has 1 aliphatic heterocycles. The van der Waals surface area contributed by atoms with Crippen LogP contribution in [0.15, 0.2) is 40.3 Å². The van der Waals surface area contributed by atoms with Gasteiger partial charge in [0.25, 0.3) is 0 Å². The molecule has 3 heterocycles. The fourth-order valence-electron chi connectivity index (χ4n) is 3.58. The van der Waals surface area contributed by atoms with Gasteiger partial charge in [-0.3, -0.25) is 0 Å². The number of tetrazole rings is 1. The standard InChI is InChI=1S/C17H22N10O4S2/c18-13-4-1-10(7-22-13)11-2-3-12(33(30,31)23-9-17(19)5-6-21-8-17)15(32(20,28)29)14(11)16-24-26-27-25-16/h1-4,7,21,23H,5-6,8-9,19H2,(H2,18,22)(H2,20,28,29)(H,24,25,26,27). The van der Waals surface area contributed by atoms with Crippen LogP contribution >= 0.6 is 0 Å². The molecule has 0 amide bonds. The first-order chi connectivity index (χ1) is 15.5. The Kier molecular flexibility index (Phi) is 5.89. The van der Waals surface area contributed by atoms with Crippen molar-refractivity contribution in [1.29, 1.82) is 0 Å². The topological polar surface area (TPSA) is 238 Å². The second kappa shape index (κ2) is 8.40. The van der Waals surface area contributed by atoms with Crippen molar-refractivity contribution in [2.24, 2.45) is 10.9 Å². The number of nitrogens with zero attached hydrogens (tertiary/aromatic N) is 4. The molecule has 0 saturated carbocycles. The van der Waals surface area contributed by atoms with E-state index in [-0.39, 0.29) is 29.3 Å². The van der Waals surface area contributed by atoms with Crippen molar-refractivity contribution in [3.05, 3.63) is 30.5 Å². The summed E-state index contributed by atoms with van der Waals surface area (Å²) < 4.78 is 54.2. The van der Waals surface area contributed by atoms with Gasteiger partial charge in [-0.1, -0.05) is 6.07 Å². The largest absolute Gasteiger partial charge is 0.384 e. The summed E-state index contributed by atoms with van der Waals surface area (Å²) >= 11 is 0. The summed E-state index contributed by atoms with van der Waals surface area (Å²) in [6.45, 7) is 0.954. The number of primary sulfonamides is 1. The Morgan fingerprint density at radius 1 is 1.15 bits per heavy atom. The van der Waals surface area contributed by atoms with E-state index in [1.165, 1.54) is 18.3 Å². The van der Waals surface area contributed by atoms with Gasteiger partial charge in [0.15, 0.2) is 0 Å². The monoisotopic (exact) mass is 494 g/mol. The zero-order valence-corrected chi connectivity index (χ0v) is 18.8. The molecular formula is C17H22N10O4S2. The number of nitrogen functional groups attached to an aromatic ring is 1. The number of aromatic nitrogens is 5. The first kappa shape index (κ1) is 23.1. The number of anilines is 1. The molecule has 1 fully saturated rings. The molecule has 3 aromatic rings. The molecule has 176 valence electrons. The minimum absolute atomic E-state index is 0.104. The number of sulfonamides is 2. The third-order valence-electron chi connectivity index (χ3n) is 5.25. The summed E-state index contributed by atoms with van der Waals surface area (Å²) in [5.74, 6) is 0.0743. The summed E-state index contributed by atoms with van der Waals surface area (Å²) in [7, 11) is -8.95. The minimum Gasteiger partial charge on any atom is -0.384 e. The average Bonchev–Trinajstić information content (AvgIpc) is 3.44. The zero-order chi connectivity index (χ0) is 23.9. The maximum Gasteiger partial charge on any atom is 0.242 e. The lowest BCUT2D eigenvalue weighted by molar-refractivity contribution is 0.456. The van der Waals surface area contributed by atoms with Crippen molar-refractivity contribution in [2.45, 2.75) is 21.8 Å². The molecule has 2 aromatic heterocycles. The number of nitrogens with two attached hydrogens (primary N) is 3. The Hall–Kier alpha value is -3.02. The molecule has 16 heteroatoms. The molecular weight excluding hydrogens is 472 g/mol. The summed E-state index contributed by atoms with van der Waals surface area (Å²) in [5.41, 5.74) is 11.6. The first-order valence-electron chi connectivity index (χ1n) is 9.65. The Morgan fingerprint density at radius 3 is 2.52 bits per heavy atom. The first-order valence-corrected chi connectivity index (χ1v) is 12.7. The third-order valence-corrected chi connectivity index (χ3v) is 7.82. The van der Waals surface area contributed by atoms with E-state index in [1.54, 1.807) is 6.07 Å². The van der Waals surface area contributed by atoms with Crippen molar-refractivity contribution in [1.82, 2.24) is 35.6 Å². The third kappa shape index (κ3) is 4.70. The van der Waals surface area contributed by atoms with E-state index >= 15 is 0 Å². The number of aromatic amines is 1. The Morgan fingerprint density at radius 2 is 1.94 bits per heavy atom. The highest BCUT2D eigenvalue weighted by Gasteiger charge is 2.35. The van der Waals surface area contributed by atoms with E-state index in [0.717, 1.165) is 6.07 Å². The zero-order valence-electron chi connectivity index (χ0n) is 17.2. The summed E-state index contributed by atoms with van der Waals surface area (Å²) in [6, 6.07) is 5.66. The second-order valence-electron chi connectivity index (χ2n) is 7.68. The van der Waals surface area contributed by atoms with Gasteiger partial charge in [-0.25, -0.2) is 31.7 Å². The predicted molar refractivity (Wildman–Crippen MR) is 118 cm³/mol. The minimum atomic E-state index is -4.59. The Bertz CT molecular complexity index is 1370. The number of rotatable bonds is 7. The number of benzene rings is 1. The molecule has 14 nitrogen and oxygen atoms in total. The van der Waals surface area contributed by atoms with E-state index in [2.05, 4.69) is 35.6 Å². The number of H-pyrrole nitrogens is 1. The van der Waals surface area contributed by atoms with Crippen molar-refractivity contribution in [3.8, 4) is 22.5 Å². The van der Waals surface area contributed by atoms with Crippen LogP contribution in [0.4, 0.5) is 5.82 Å². The molecule has 0 spiro atoms. The maximum absolute atomic E-state index is 13.2. The van der Waals surface area contributed by atoms with Gasteiger partial charge in [-0.15, -0.1) is 10.2 Å². The summed E-state index contributed by atoms with van der Waals surface area (Å²) in [5, 5.41) is 22.0. The van der Waals surface area contributed by atoms with E-state index in [4.69, 9.17) is 16.6 Å². The SMILES string of the molecule is Nc1ccc(-c2ccc(S(=O)(=O)NCC3(N)CCNC3)c(S(N)(=O)=O)c2-c2nn[nH]n2)cn1. The van der Waals surface area contributed by atoms with Gasteiger partial charge < -0.3 is 16.8 Å². The van der Waals surface area contributed by atoms with Gasteiger partial charge in [-0.2, -0.15) is 5.21 Å². The van der Waals surface area contributed by atoms with Crippen LogP contribution in [0.5, 0.6) is 0 Å². The molecule has 1 unspecified atom stereocenters. The fourth-order valence-corrected chi connectivity index (χ4v) is 6.32. The molecule has 1 saturated heterocycles. The highest BCUT2D eigenvalue weighted by Crippen LogP contribution is 2.38. The van der Waals surface area contributed by atoms with Crippen molar-refractivity contribution >= 4 is 25.9 Å². The highest BCUT2D eigenvalue weighted by atomic mass is 32.2. The van der Waals surface area contributed by atoms with Crippen LogP contribution in [-0.2, 0) is 20.0 Å². The quantitative estimate of drug-likeness (QED) is 0.212. The molecule has 4 rings (SSSR count). The van der Waals surface area contributed by atoms with Crippen LogP contribution in [-0.4, -0.2) is 67.6 Å². The van der Waals surface area contributed by atoms with Crippen LogP contribution in [0.25, 0.3) is 22.5 Å². The molecule has 0 aliphatic carbocycles. The van der Waals surface area contributed by atoms with E-state index in [1.807, 2.05) is 0 Å². The van der Waals surface area contributed by atoms with Gasteiger partial charge in [0.05, 0.1) is 5.56 Å². The number of hydrogen-bond donors (Lipinski definition) is 6. The van der Waals surface area contributed by atoms with Gasteiger partial charge in [0, 0.05) is 30.4 Å². The average molecular weight is 495 g/mol. The number of nitrogens with one attached hydrogen (secondary N) is 3. The molecule has 33 heavy (non-hydrogen) atoms. The summed E-state index contributed by atoms with van der Waals surface area (Å²) in [4.78, 5) is 2.76. The highest BCUT2D eigenvalue weighted by molar-refractivity contribution is 7.92. The van der Waals surface area contributed by atoms with Gasteiger partial charge in [0.2, 0.25) is 25.9 Å². The second-order valence-corrected chi connectivity index (χ2v) is 10.9. The maximum atomic E-state index is 13.2. The lowest BCUT2D eigenvalue weighted by Crippen LogP contribution is -2.51. The molecule has 9 N–H and O–H groups in total. The predicted octanol–water partition coefficient (Wildman–Crippen LogP) is -1.87. The van der Waals surface area contributed by atoms with Gasteiger partial charge >= 0.3 is 0 Å². The fraction of sp³-hybridized carbons (Fsp3) is 0.294. The van der Waals surface area contributed by atoms with Crippen molar-refractivity contribution < 1.29 is 16.8 Å². The van der Waals surface area contributed by atoms with E-state index in [9.17, 15) is 16.8 Å². The molecule has 1 atom stereocenters. The van der Waals surface area contributed by atoms with Crippen molar-refractivity contribution in [2.75, 3.05) is 25.4 Å². The van der Waals surface area contributed by atoms with Crippen molar-refractivity contribution in [3.63, 3.8) is 0 Å². The van der Waals surface area contributed by atoms with Crippen LogP contribution in [0.1, 0.15) is 6.42 Å². The van der Waals surface area contributed by atoms with Crippen LogP contribution < -0.4 is 26.6 Å². The molecule has 0 radical (unpaired) electrons. The smallest absolute Gasteiger partial charge is 0.242 e. The Labute approximate surface area is 189 Å². The normalized spacial score (nSPS) is 19.1. The number of hydrogen-bond acceptors (Lipinski definition) is 11. The lowest BCUT2D eigenvalue weighted by Gasteiger charge is -2.23. The Balaban J connectivity index is 1.92. The van der Waals surface area contributed by atoms with E-state index in [0.29, 0.717) is 25.1 Å².